The van der Waals surface area contributed by atoms with Crippen LogP contribution in [0.3, 0.4) is 0 Å². The SMILES string of the molecule is [C-]#[N+]c1cccc(-c2cnc(-c3ccccc3)cc2C)c1. The molecule has 3 aromatic rings. The Balaban J connectivity index is 2.04. The Bertz CT molecular complexity index is 814. The van der Waals surface area contributed by atoms with Crippen LogP contribution >= 0.6 is 0 Å². The smallest absolute Gasteiger partial charge is 0.187 e. The zero-order valence-corrected chi connectivity index (χ0v) is 11.7. The summed E-state index contributed by atoms with van der Waals surface area (Å²) in [6.07, 6.45) is 1.89. The van der Waals surface area contributed by atoms with Gasteiger partial charge in [-0.2, -0.15) is 0 Å². The lowest BCUT2D eigenvalue weighted by Gasteiger charge is -2.09. The fourth-order valence-corrected chi connectivity index (χ4v) is 2.37. The minimum absolute atomic E-state index is 0.652. The van der Waals surface area contributed by atoms with Gasteiger partial charge in [-0.1, -0.05) is 48.5 Å². The second kappa shape index (κ2) is 5.60. The van der Waals surface area contributed by atoms with Crippen molar-refractivity contribution >= 4 is 5.69 Å². The van der Waals surface area contributed by atoms with E-state index in [1.807, 2.05) is 48.7 Å². The quantitative estimate of drug-likeness (QED) is 0.579. The number of aromatic nitrogens is 1. The minimum atomic E-state index is 0.652. The van der Waals surface area contributed by atoms with Crippen molar-refractivity contribution in [1.29, 1.82) is 0 Å². The number of benzene rings is 2. The first-order chi connectivity index (χ1) is 10.3. The van der Waals surface area contributed by atoms with E-state index in [1.54, 1.807) is 0 Å². The molecule has 0 N–H and O–H groups in total. The van der Waals surface area contributed by atoms with Crippen molar-refractivity contribution < 1.29 is 0 Å². The minimum Gasteiger partial charge on any atom is -0.256 e. The summed E-state index contributed by atoms with van der Waals surface area (Å²) in [7, 11) is 0. The number of pyridine rings is 1. The first kappa shape index (κ1) is 13.1. The molecule has 3 rings (SSSR count). The lowest BCUT2D eigenvalue weighted by atomic mass is 10.0. The molecule has 0 aliphatic rings. The number of hydrogen-bond donors (Lipinski definition) is 0. The van der Waals surface area contributed by atoms with Crippen molar-refractivity contribution in [1.82, 2.24) is 4.98 Å². The maximum atomic E-state index is 7.11. The highest BCUT2D eigenvalue weighted by Gasteiger charge is 2.06. The molecule has 2 heteroatoms. The number of aryl methyl sites for hydroxylation is 1. The van der Waals surface area contributed by atoms with E-state index in [9.17, 15) is 0 Å². The summed E-state index contributed by atoms with van der Waals surface area (Å²) < 4.78 is 0. The molecule has 1 aromatic heterocycles. The normalized spacial score (nSPS) is 10.1. The number of rotatable bonds is 2. The molecule has 2 nitrogen and oxygen atoms in total. The van der Waals surface area contributed by atoms with Gasteiger partial charge in [-0.25, -0.2) is 4.85 Å². The van der Waals surface area contributed by atoms with E-state index in [1.165, 1.54) is 0 Å². The van der Waals surface area contributed by atoms with Crippen molar-refractivity contribution in [3.63, 3.8) is 0 Å². The van der Waals surface area contributed by atoms with Crippen LogP contribution in [0.15, 0.2) is 66.9 Å². The van der Waals surface area contributed by atoms with Gasteiger partial charge in [-0.15, -0.1) is 0 Å². The first-order valence-corrected chi connectivity index (χ1v) is 6.78. The number of hydrogen-bond acceptors (Lipinski definition) is 1. The van der Waals surface area contributed by atoms with Crippen LogP contribution in [0.5, 0.6) is 0 Å². The summed E-state index contributed by atoms with van der Waals surface area (Å²) in [5.41, 5.74) is 6.00. The molecule has 2 aromatic carbocycles. The van der Waals surface area contributed by atoms with Crippen molar-refractivity contribution in [2.24, 2.45) is 0 Å². The highest BCUT2D eigenvalue weighted by atomic mass is 14.7. The molecule has 0 radical (unpaired) electrons. The molecule has 0 spiro atoms. The van der Waals surface area contributed by atoms with Gasteiger partial charge in [0.2, 0.25) is 0 Å². The van der Waals surface area contributed by atoms with Crippen molar-refractivity contribution in [2.75, 3.05) is 0 Å². The maximum Gasteiger partial charge on any atom is 0.187 e. The molecule has 0 aliphatic heterocycles. The summed E-state index contributed by atoms with van der Waals surface area (Å²) in [4.78, 5) is 8.05. The average molecular weight is 270 g/mol. The fourth-order valence-electron chi connectivity index (χ4n) is 2.37. The highest BCUT2D eigenvalue weighted by molar-refractivity contribution is 5.73. The predicted octanol–water partition coefficient (Wildman–Crippen LogP) is 5.27. The second-order valence-electron chi connectivity index (χ2n) is 4.91. The molecular formula is C19H14N2. The predicted molar refractivity (Wildman–Crippen MR) is 86.1 cm³/mol. The van der Waals surface area contributed by atoms with Gasteiger partial charge in [-0.05, 0) is 30.2 Å². The van der Waals surface area contributed by atoms with Gasteiger partial charge in [0.15, 0.2) is 5.69 Å². The third kappa shape index (κ3) is 2.68. The van der Waals surface area contributed by atoms with Gasteiger partial charge < -0.3 is 0 Å². The molecule has 0 aliphatic carbocycles. The lowest BCUT2D eigenvalue weighted by molar-refractivity contribution is 1.29. The zero-order chi connectivity index (χ0) is 14.7. The van der Waals surface area contributed by atoms with Crippen LogP contribution in [0, 0.1) is 13.5 Å². The number of nitrogens with zero attached hydrogens (tertiary/aromatic N) is 2. The van der Waals surface area contributed by atoms with E-state index >= 15 is 0 Å². The zero-order valence-electron chi connectivity index (χ0n) is 11.7. The van der Waals surface area contributed by atoms with Crippen LogP contribution in [0.2, 0.25) is 0 Å². The third-order valence-electron chi connectivity index (χ3n) is 3.47. The molecule has 0 saturated carbocycles. The average Bonchev–Trinajstić information content (AvgIpc) is 2.55. The molecule has 1 heterocycles. The summed E-state index contributed by atoms with van der Waals surface area (Å²) in [5, 5.41) is 0. The summed E-state index contributed by atoms with van der Waals surface area (Å²) >= 11 is 0. The Morgan fingerprint density at radius 2 is 1.67 bits per heavy atom. The van der Waals surface area contributed by atoms with Crippen LogP contribution in [-0.4, -0.2) is 4.98 Å². The summed E-state index contributed by atoms with van der Waals surface area (Å²) in [6, 6.07) is 19.9. The van der Waals surface area contributed by atoms with Crippen LogP contribution in [-0.2, 0) is 0 Å². The molecule has 21 heavy (non-hydrogen) atoms. The van der Waals surface area contributed by atoms with Gasteiger partial charge in [0.05, 0.1) is 12.3 Å². The van der Waals surface area contributed by atoms with Gasteiger partial charge in [0.1, 0.15) is 0 Å². The molecule has 0 fully saturated rings. The van der Waals surface area contributed by atoms with E-state index in [0.29, 0.717) is 5.69 Å². The standard InChI is InChI=1S/C19H14N2/c1-14-11-19(15-7-4-3-5-8-15)21-13-18(14)16-9-6-10-17(12-16)20-2/h3-13H,1H3. The van der Waals surface area contributed by atoms with E-state index in [-0.39, 0.29) is 0 Å². The van der Waals surface area contributed by atoms with Crippen LogP contribution in [0.4, 0.5) is 5.69 Å². The Morgan fingerprint density at radius 1 is 0.905 bits per heavy atom. The van der Waals surface area contributed by atoms with E-state index in [0.717, 1.165) is 27.9 Å². The molecule has 0 unspecified atom stereocenters. The van der Waals surface area contributed by atoms with Gasteiger partial charge in [0.25, 0.3) is 0 Å². The lowest BCUT2D eigenvalue weighted by Crippen LogP contribution is -1.89. The van der Waals surface area contributed by atoms with Crippen LogP contribution in [0.1, 0.15) is 5.56 Å². The van der Waals surface area contributed by atoms with E-state index in [4.69, 9.17) is 6.57 Å². The van der Waals surface area contributed by atoms with E-state index < -0.39 is 0 Å². The maximum absolute atomic E-state index is 7.11. The summed E-state index contributed by atoms with van der Waals surface area (Å²) in [5.74, 6) is 0. The monoisotopic (exact) mass is 270 g/mol. The fraction of sp³-hybridized carbons (Fsp3) is 0.0526. The molecule has 0 bridgehead atoms. The molecule has 100 valence electrons. The van der Waals surface area contributed by atoms with Crippen LogP contribution in [0.25, 0.3) is 27.2 Å². The van der Waals surface area contributed by atoms with Crippen molar-refractivity contribution in [2.45, 2.75) is 6.92 Å². The Kier molecular flexibility index (Phi) is 3.49. The van der Waals surface area contributed by atoms with Crippen molar-refractivity contribution in [3.05, 3.63) is 83.8 Å². The largest absolute Gasteiger partial charge is 0.256 e. The molecular weight excluding hydrogens is 256 g/mol. The van der Waals surface area contributed by atoms with Crippen LogP contribution < -0.4 is 0 Å². The highest BCUT2D eigenvalue weighted by Crippen LogP contribution is 2.28. The second-order valence-corrected chi connectivity index (χ2v) is 4.91. The molecule has 0 saturated heterocycles. The third-order valence-corrected chi connectivity index (χ3v) is 3.47. The van der Waals surface area contributed by atoms with E-state index in [2.05, 4.69) is 35.0 Å². The Morgan fingerprint density at radius 3 is 2.38 bits per heavy atom. The van der Waals surface area contributed by atoms with Crippen molar-refractivity contribution in [3.8, 4) is 22.4 Å². The topological polar surface area (TPSA) is 17.2 Å². The first-order valence-electron chi connectivity index (χ1n) is 6.78. The summed E-state index contributed by atoms with van der Waals surface area (Å²) in [6.45, 7) is 9.19. The Labute approximate surface area is 124 Å². The molecule has 0 amide bonds. The van der Waals surface area contributed by atoms with Gasteiger partial charge in [-0.3, -0.25) is 4.98 Å². The Hall–Kier alpha value is -2.92. The van der Waals surface area contributed by atoms with Gasteiger partial charge >= 0.3 is 0 Å². The molecule has 0 atom stereocenters. The van der Waals surface area contributed by atoms with Gasteiger partial charge in [0, 0.05) is 17.3 Å².